The Kier molecular flexibility index (Phi) is 7.32. The predicted molar refractivity (Wildman–Crippen MR) is 105 cm³/mol. The van der Waals surface area contributed by atoms with Crippen molar-refractivity contribution in [2.45, 2.75) is 44.8 Å². The second kappa shape index (κ2) is 9.55. The van der Waals surface area contributed by atoms with E-state index in [1.165, 1.54) is 48.5 Å². The number of ether oxygens (including phenoxy) is 3. The molecule has 0 saturated heterocycles. The fraction of sp³-hybridized carbons (Fsp3) is 0.318. The van der Waals surface area contributed by atoms with E-state index in [4.69, 9.17) is 19.3 Å². The fourth-order valence-corrected chi connectivity index (χ4v) is 2.34. The van der Waals surface area contributed by atoms with Gasteiger partial charge in [0.2, 0.25) is 6.10 Å². The molecule has 7 nitrogen and oxygen atoms in total. The van der Waals surface area contributed by atoms with Gasteiger partial charge in [-0.1, -0.05) is 37.3 Å². The Bertz CT molecular complexity index is 925. The van der Waals surface area contributed by atoms with Crippen LogP contribution in [0.1, 0.15) is 49.2 Å². The van der Waals surface area contributed by atoms with E-state index < -0.39 is 35.7 Å². The van der Waals surface area contributed by atoms with Crippen LogP contribution >= 0.6 is 0 Å². The summed E-state index contributed by atoms with van der Waals surface area (Å²) >= 11 is 0. The Labute approximate surface area is 177 Å². The van der Waals surface area contributed by atoms with Crippen LogP contribution < -0.4 is 4.74 Å². The van der Waals surface area contributed by atoms with Gasteiger partial charge in [0, 0.05) is 0 Å². The molecular formula is C22H22F2O7. The summed E-state index contributed by atoms with van der Waals surface area (Å²) in [4.78, 5) is 35.2. The van der Waals surface area contributed by atoms with Crippen molar-refractivity contribution in [1.29, 1.82) is 0 Å². The molecule has 9 heteroatoms. The van der Waals surface area contributed by atoms with E-state index in [1.54, 1.807) is 19.9 Å². The smallest absolute Gasteiger partial charge is 0.477 e. The molecule has 0 aromatic heterocycles. The average Bonchev–Trinajstić information content (AvgIpc) is 2.72. The molecular weight excluding hydrogens is 414 g/mol. The molecule has 0 aliphatic rings. The largest absolute Gasteiger partial charge is 0.514 e. The van der Waals surface area contributed by atoms with Crippen LogP contribution in [0.3, 0.4) is 0 Å². The maximum absolute atomic E-state index is 14.2. The Morgan fingerprint density at radius 1 is 1.00 bits per heavy atom. The summed E-state index contributed by atoms with van der Waals surface area (Å²) in [6.45, 7) is 5.26. The lowest BCUT2D eigenvalue weighted by Gasteiger charge is -2.24. The van der Waals surface area contributed by atoms with Crippen molar-refractivity contribution in [2.75, 3.05) is 0 Å². The van der Waals surface area contributed by atoms with Crippen LogP contribution in [0, 0.1) is 0 Å². The lowest BCUT2D eigenvalue weighted by molar-refractivity contribution is -0.183. The quantitative estimate of drug-likeness (QED) is 0.459. The lowest BCUT2D eigenvalue weighted by atomic mass is 10.0. The highest BCUT2D eigenvalue weighted by Gasteiger charge is 2.51. The molecule has 0 aliphatic carbocycles. The van der Waals surface area contributed by atoms with Crippen molar-refractivity contribution in [3.8, 4) is 5.75 Å². The molecule has 31 heavy (non-hydrogen) atoms. The molecule has 1 atom stereocenters. The minimum atomic E-state index is -4.35. The SMILES string of the molecule is CCC(C)(C)OC(=O)Oc1ccc(C(=O)OC(c2ccccc2)C(F)(F)C(=O)O)cc1. The van der Waals surface area contributed by atoms with Gasteiger partial charge in [-0.05, 0) is 50.1 Å². The van der Waals surface area contributed by atoms with E-state index in [1.807, 2.05) is 6.92 Å². The monoisotopic (exact) mass is 436 g/mol. The van der Waals surface area contributed by atoms with Gasteiger partial charge in [-0.2, -0.15) is 8.78 Å². The summed E-state index contributed by atoms with van der Waals surface area (Å²) < 4.78 is 43.4. The molecule has 0 aliphatic heterocycles. The van der Waals surface area contributed by atoms with Crippen molar-refractivity contribution in [1.82, 2.24) is 0 Å². The van der Waals surface area contributed by atoms with Crippen LogP contribution in [0.4, 0.5) is 13.6 Å². The van der Waals surface area contributed by atoms with Gasteiger partial charge in [-0.25, -0.2) is 14.4 Å². The molecule has 0 saturated carbocycles. The van der Waals surface area contributed by atoms with Gasteiger partial charge in [0.1, 0.15) is 11.4 Å². The highest BCUT2D eigenvalue weighted by Crippen LogP contribution is 2.35. The lowest BCUT2D eigenvalue weighted by Crippen LogP contribution is -2.38. The summed E-state index contributed by atoms with van der Waals surface area (Å²) in [6.07, 6.45) is -2.70. The molecule has 166 valence electrons. The number of hydrogen-bond acceptors (Lipinski definition) is 6. The standard InChI is InChI=1S/C22H22F2O7/c1-4-21(2,3)31-20(28)29-16-12-10-15(11-13-16)18(25)30-17(22(23,24)19(26)27)14-8-6-5-7-9-14/h5-13,17H,4H2,1-3H3,(H,26,27). The molecule has 2 aromatic rings. The summed E-state index contributed by atoms with van der Waals surface area (Å²) in [5.41, 5.74) is -1.04. The fourth-order valence-electron chi connectivity index (χ4n) is 2.34. The molecule has 0 amide bonds. The van der Waals surface area contributed by atoms with E-state index >= 15 is 0 Å². The number of carbonyl (C=O) groups is 3. The highest BCUT2D eigenvalue weighted by molar-refractivity contribution is 5.90. The topological polar surface area (TPSA) is 99.1 Å². The van der Waals surface area contributed by atoms with Gasteiger partial charge in [0.05, 0.1) is 5.56 Å². The van der Waals surface area contributed by atoms with E-state index in [2.05, 4.69) is 0 Å². The van der Waals surface area contributed by atoms with Gasteiger partial charge >= 0.3 is 24.0 Å². The third-order valence-corrected chi connectivity index (χ3v) is 4.44. The number of carbonyl (C=O) groups excluding carboxylic acids is 2. The van der Waals surface area contributed by atoms with Crippen LogP contribution in [0.25, 0.3) is 0 Å². The van der Waals surface area contributed by atoms with Crippen molar-refractivity contribution in [3.63, 3.8) is 0 Å². The number of hydrogen-bond donors (Lipinski definition) is 1. The molecule has 2 aromatic carbocycles. The highest BCUT2D eigenvalue weighted by atomic mass is 19.3. The summed E-state index contributed by atoms with van der Waals surface area (Å²) in [6, 6.07) is 11.7. The van der Waals surface area contributed by atoms with E-state index in [-0.39, 0.29) is 16.9 Å². The molecule has 1 unspecified atom stereocenters. The average molecular weight is 436 g/mol. The first kappa shape index (κ1) is 23.8. The zero-order chi connectivity index (χ0) is 23.2. The number of alkyl halides is 2. The Balaban J connectivity index is 2.14. The minimum absolute atomic E-state index is 0.0592. The van der Waals surface area contributed by atoms with Gasteiger partial charge in [-0.3, -0.25) is 0 Å². The number of carboxylic acids is 1. The second-order valence-corrected chi connectivity index (χ2v) is 7.22. The maximum Gasteiger partial charge on any atom is 0.514 e. The Morgan fingerprint density at radius 3 is 2.10 bits per heavy atom. The third-order valence-electron chi connectivity index (χ3n) is 4.44. The minimum Gasteiger partial charge on any atom is -0.477 e. The third kappa shape index (κ3) is 6.24. The number of carboxylic acid groups (broad SMARTS) is 1. The molecule has 0 spiro atoms. The second-order valence-electron chi connectivity index (χ2n) is 7.22. The first-order valence-corrected chi connectivity index (χ1v) is 9.34. The van der Waals surface area contributed by atoms with Gasteiger partial charge in [-0.15, -0.1) is 0 Å². The first-order valence-electron chi connectivity index (χ1n) is 9.34. The number of rotatable bonds is 8. The zero-order valence-corrected chi connectivity index (χ0v) is 17.1. The summed E-state index contributed by atoms with van der Waals surface area (Å²) in [7, 11) is 0. The van der Waals surface area contributed by atoms with E-state index in [9.17, 15) is 23.2 Å². The number of halogens is 2. The number of benzene rings is 2. The van der Waals surface area contributed by atoms with Crippen molar-refractivity contribution >= 4 is 18.1 Å². The van der Waals surface area contributed by atoms with Gasteiger partial charge in [0.25, 0.3) is 0 Å². The van der Waals surface area contributed by atoms with Gasteiger partial charge in [0.15, 0.2) is 0 Å². The van der Waals surface area contributed by atoms with Gasteiger partial charge < -0.3 is 19.3 Å². The van der Waals surface area contributed by atoms with Crippen molar-refractivity contribution < 1.29 is 42.5 Å². The Morgan fingerprint density at radius 2 is 1.58 bits per heavy atom. The molecule has 2 rings (SSSR count). The summed E-state index contributed by atoms with van der Waals surface area (Å²) in [5.74, 6) is -7.89. The predicted octanol–water partition coefficient (Wildman–Crippen LogP) is 5.01. The summed E-state index contributed by atoms with van der Waals surface area (Å²) in [5, 5.41) is 8.87. The van der Waals surface area contributed by atoms with Crippen LogP contribution in [0.5, 0.6) is 5.75 Å². The van der Waals surface area contributed by atoms with Crippen LogP contribution in [-0.4, -0.2) is 34.7 Å². The zero-order valence-electron chi connectivity index (χ0n) is 17.1. The molecule has 0 bridgehead atoms. The van der Waals surface area contributed by atoms with Crippen molar-refractivity contribution in [2.24, 2.45) is 0 Å². The molecule has 1 N–H and O–H groups in total. The maximum atomic E-state index is 14.2. The van der Waals surface area contributed by atoms with E-state index in [0.717, 1.165) is 0 Å². The Hall–Kier alpha value is -3.49. The first-order chi connectivity index (χ1) is 14.5. The van der Waals surface area contributed by atoms with Crippen LogP contribution in [0.15, 0.2) is 54.6 Å². The van der Waals surface area contributed by atoms with Crippen molar-refractivity contribution in [3.05, 3.63) is 65.7 Å². The van der Waals surface area contributed by atoms with Crippen LogP contribution in [-0.2, 0) is 14.3 Å². The van der Waals surface area contributed by atoms with E-state index in [0.29, 0.717) is 6.42 Å². The van der Waals surface area contributed by atoms with Crippen LogP contribution in [0.2, 0.25) is 0 Å². The number of esters is 1. The number of aliphatic carboxylic acids is 1. The normalized spacial score (nSPS) is 12.5. The molecule has 0 fully saturated rings. The molecule has 0 radical (unpaired) electrons. The molecule has 0 heterocycles.